The molecule has 2 aromatic carbocycles. The molecule has 0 bridgehead atoms. The zero-order chi connectivity index (χ0) is 17.3. The summed E-state index contributed by atoms with van der Waals surface area (Å²) in [5.41, 5.74) is 4.31. The molecule has 7 heteroatoms. The molecule has 2 aromatic rings. The number of nitrogens with one attached hydrogen (secondary N) is 2. The molecular formula is C17H17FN4O2. The molecule has 1 atom stereocenters. The number of fused-ring (bicyclic) bond motifs is 1. The number of anilines is 2. The highest BCUT2D eigenvalue weighted by molar-refractivity contribution is 6.03. The standard InChI is InChI=1S/C17H17FN4O2/c1-11-21(2)15-6-4-3-5-14(15)16(23)22(11)20-17(24)19-13-9-7-12(18)8-10-13/h3-11H,1-2H3,(H2,19,20,24). The maximum absolute atomic E-state index is 12.9. The molecule has 0 fully saturated rings. The highest BCUT2D eigenvalue weighted by atomic mass is 19.1. The Morgan fingerprint density at radius 1 is 1.12 bits per heavy atom. The first-order valence-corrected chi connectivity index (χ1v) is 7.46. The van der Waals surface area contributed by atoms with Crippen molar-refractivity contribution in [1.82, 2.24) is 10.4 Å². The maximum Gasteiger partial charge on any atom is 0.338 e. The van der Waals surface area contributed by atoms with E-state index in [4.69, 9.17) is 0 Å². The maximum atomic E-state index is 12.9. The lowest BCUT2D eigenvalue weighted by Crippen LogP contribution is -2.60. The molecule has 24 heavy (non-hydrogen) atoms. The van der Waals surface area contributed by atoms with Crippen LogP contribution in [0.1, 0.15) is 17.3 Å². The lowest BCUT2D eigenvalue weighted by Gasteiger charge is -2.41. The van der Waals surface area contributed by atoms with Crippen LogP contribution in [-0.2, 0) is 0 Å². The van der Waals surface area contributed by atoms with E-state index in [0.717, 1.165) is 5.69 Å². The van der Waals surface area contributed by atoms with E-state index < -0.39 is 6.03 Å². The van der Waals surface area contributed by atoms with Crippen LogP contribution >= 0.6 is 0 Å². The van der Waals surface area contributed by atoms with Crippen LogP contribution in [0.25, 0.3) is 0 Å². The van der Waals surface area contributed by atoms with Crippen LogP contribution in [0.3, 0.4) is 0 Å². The third-order valence-corrected chi connectivity index (χ3v) is 3.99. The summed E-state index contributed by atoms with van der Waals surface area (Å²) in [5, 5.41) is 3.83. The van der Waals surface area contributed by atoms with E-state index >= 15 is 0 Å². The van der Waals surface area contributed by atoms with Gasteiger partial charge in [0.25, 0.3) is 5.91 Å². The van der Waals surface area contributed by atoms with E-state index in [1.165, 1.54) is 29.3 Å². The third kappa shape index (κ3) is 2.88. The van der Waals surface area contributed by atoms with Crippen molar-refractivity contribution >= 4 is 23.3 Å². The van der Waals surface area contributed by atoms with E-state index in [-0.39, 0.29) is 17.9 Å². The Hall–Kier alpha value is -3.09. The van der Waals surface area contributed by atoms with E-state index in [1.807, 2.05) is 31.0 Å². The summed E-state index contributed by atoms with van der Waals surface area (Å²) in [6.07, 6.45) is -0.355. The lowest BCUT2D eigenvalue weighted by molar-refractivity contribution is 0.0582. The van der Waals surface area contributed by atoms with Gasteiger partial charge in [0.05, 0.1) is 11.3 Å². The number of carbonyl (C=O) groups is 2. The number of nitrogens with zero attached hydrogens (tertiary/aromatic N) is 2. The second-order valence-corrected chi connectivity index (χ2v) is 5.51. The molecule has 6 nitrogen and oxygen atoms in total. The van der Waals surface area contributed by atoms with Crippen LogP contribution in [0.2, 0.25) is 0 Å². The summed E-state index contributed by atoms with van der Waals surface area (Å²) in [5.74, 6) is -0.676. The number of para-hydroxylation sites is 1. The Labute approximate surface area is 138 Å². The highest BCUT2D eigenvalue weighted by Gasteiger charge is 2.34. The van der Waals surface area contributed by atoms with Gasteiger partial charge in [0.15, 0.2) is 0 Å². The van der Waals surface area contributed by atoms with Crippen LogP contribution in [0.15, 0.2) is 48.5 Å². The van der Waals surface area contributed by atoms with Gasteiger partial charge in [0, 0.05) is 12.7 Å². The van der Waals surface area contributed by atoms with E-state index in [0.29, 0.717) is 11.3 Å². The first-order valence-electron chi connectivity index (χ1n) is 7.46. The Balaban J connectivity index is 1.76. The Morgan fingerprint density at radius 2 is 1.79 bits per heavy atom. The average Bonchev–Trinajstić information content (AvgIpc) is 2.59. The van der Waals surface area contributed by atoms with Crippen molar-refractivity contribution in [1.29, 1.82) is 0 Å². The van der Waals surface area contributed by atoms with Gasteiger partial charge < -0.3 is 10.2 Å². The van der Waals surface area contributed by atoms with E-state index in [2.05, 4.69) is 10.7 Å². The zero-order valence-electron chi connectivity index (χ0n) is 13.3. The Morgan fingerprint density at radius 3 is 2.50 bits per heavy atom. The molecule has 1 aliphatic rings. The van der Waals surface area contributed by atoms with Gasteiger partial charge in [-0.15, -0.1) is 0 Å². The minimum absolute atomic E-state index is 0.287. The number of hydrogen-bond acceptors (Lipinski definition) is 3. The topological polar surface area (TPSA) is 64.7 Å². The van der Waals surface area contributed by atoms with Crippen LogP contribution in [0.4, 0.5) is 20.6 Å². The zero-order valence-corrected chi connectivity index (χ0v) is 13.3. The van der Waals surface area contributed by atoms with Crippen molar-refractivity contribution in [3.05, 3.63) is 59.9 Å². The van der Waals surface area contributed by atoms with Gasteiger partial charge in [-0.05, 0) is 43.3 Å². The molecule has 2 N–H and O–H groups in total. The smallest absolute Gasteiger partial charge is 0.338 e. The monoisotopic (exact) mass is 328 g/mol. The fourth-order valence-electron chi connectivity index (χ4n) is 2.58. The fourth-order valence-corrected chi connectivity index (χ4v) is 2.58. The molecule has 1 unspecified atom stereocenters. The summed E-state index contributed by atoms with van der Waals surface area (Å²) >= 11 is 0. The number of rotatable bonds is 2. The van der Waals surface area contributed by atoms with Crippen LogP contribution in [0, 0.1) is 5.82 Å². The summed E-state index contributed by atoms with van der Waals surface area (Å²) < 4.78 is 12.9. The number of urea groups is 1. The van der Waals surface area contributed by atoms with Crippen molar-refractivity contribution in [3.8, 4) is 0 Å². The SMILES string of the molecule is CC1N(NC(=O)Nc2ccc(F)cc2)C(=O)c2ccccc2N1C. The second-order valence-electron chi connectivity index (χ2n) is 5.51. The Kier molecular flexibility index (Phi) is 4.07. The minimum Gasteiger partial charge on any atom is -0.352 e. The second kappa shape index (κ2) is 6.19. The van der Waals surface area contributed by atoms with Gasteiger partial charge in [-0.25, -0.2) is 19.6 Å². The van der Waals surface area contributed by atoms with Gasteiger partial charge in [-0.3, -0.25) is 4.79 Å². The molecule has 0 aliphatic carbocycles. The number of benzene rings is 2. The van der Waals surface area contributed by atoms with Crippen LogP contribution in [0.5, 0.6) is 0 Å². The molecular weight excluding hydrogens is 311 g/mol. The van der Waals surface area contributed by atoms with E-state index in [1.54, 1.807) is 12.1 Å². The van der Waals surface area contributed by atoms with Crippen molar-refractivity contribution in [3.63, 3.8) is 0 Å². The van der Waals surface area contributed by atoms with Crippen molar-refractivity contribution < 1.29 is 14.0 Å². The number of amides is 3. The quantitative estimate of drug-likeness (QED) is 0.891. The molecule has 0 radical (unpaired) electrons. The first kappa shape index (κ1) is 15.8. The predicted molar refractivity (Wildman–Crippen MR) is 89.0 cm³/mol. The number of hydrogen-bond donors (Lipinski definition) is 2. The highest BCUT2D eigenvalue weighted by Crippen LogP contribution is 2.28. The molecule has 3 amide bonds. The lowest BCUT2D eigenvalue weighted by atomic mass is 10.1. The van der Waals surface area contributed by atoms with Crippen LogP contribution in [-0.4, -0.2) is 30.2 Å². The van der Waals surface area contributed by atoms with Gasteiger partial charge in [-0.1, -0.05) is 12.1 Å². The molecule has 124 valence electrons. The fraction of sp³-hybridized carbons (Fsp3) is 0.176. The Bertz CT molecular complexity index is 778. The average molecular weight is 328 g/mol. The number of hydrazine groups is 1. The van der Waals surface area contributed by atoms with Gasteiger partial charge >= 0.3 is 6.03 Å². The largest absolute Gasteiger partial charge is 0.352 e. The van der Waals surface area contributed by atoms with Crippen molar-refractivity contribution in [2.75, 3.05) is 17.3 Å². The molecule has 3 rings (SSSR count). The summed E-state index contributed by atoms with van der Waals surface area (Å²) in [4.78, 5) is 26.7. The molecule has 0 saturated heterocycles. The predicted octanol–water partition coefficient (Wildman–Crippen LogP) is 2.80. The summed E-state index contributed by atoms with van der Waals surface area (Å²) in [7, 11) is 1.85. The van der Waals surface area contributed by atoms with Gasteiger partial charge in [0.2, 0.25) is 0 Å². The summed E-state index contributed by atoms with van der Waals surface area (Å²) in [6, 6.07) is 12.0. The normalized spacial score (nSPS) is 16.6. The molecule has 1 heterocycles. The number of halogens is 1. The van der Waals surface area contributed by atoms with Crippen molar-refractivity contribution in [2.24, 2.45) is 0 Å². The molecule has 0 spiro atoms. The van der Waals surface area contributed by atoms with Crippen LogP contribution < -0.4 is 15.6 Å². The van der Waals surface area contributed by atoms with Gasteiger partial charge in [-0.2, -0.15) is 0 Å². The third-order valence-electron chi connectivity index (χ3n) is 3.99. The molecule has 1 aliphatic heterocycles. The van der Waals surface area contributed by atoms with Crippen molar-refractivity contribution in [2.45, 2.75) is 13.1 Å². The molecule has 0 saturated carbocycles. The minimum atomic E-state index is -0.574. The van der Waals surface area contributed by atoms with E-state index in [9.17, 15) is 14.0 Å². The first-order chi connectivity index (χ1) is 11.5. The summed E-state index contributed by atoms with van der Waals surface area (Å²) in [6.45, 7) is 1.81. The number of carbonyl (C=O) groups excluding carboxylic acids is 2. The van der Waals surface area contributed by atoms with Gasteiger partial charge in [0.1, 0.15) is 12.0 Å². The molecule has 0 aromatic heterocycles.